The van der Waals surface area contributed by atoms with Gasteiger partial charge in [-0.25, -0.2) is 0 Å². The Balaban J connectivity index is 1.71. The number of hydrogen-bond acceptors (Lipinski definition) is 3. The average molecular weight is 315 g/mol. The van der Waals surface area contributed by atoms with Gasteiger partial charge in [0.15, 0.2) is 0 Å². The lowest BCUT2D eigenvalue weighted by molar-refractivity contribution is -0.117. The zero-order valence-electron chi connectivity index (χ0n) is 11.8. The first-order valence-corrected chi connectivity index (χ1v) is 7.42. The Morgan fingerprint density at radius 1 is 1.32 bits per heavy atom. The first-order valence-electron chi connectivity index (χ1n) is 7.05. The molecule has 0 bridgehead atoms. The van der Waals surface area contributed by atoms with E-state index in [0.29, 0.717) is 17.4 Å². The van der Waals surface area contributed by atoms with Crippen LogP contribution in [0.25, 0.3) is 6.08 Å². The van der Waals surface area contributed by atoms with E-state index in [4.69, 9.17) is 16.3 Å². The molecule has 2 aromatic rings. The van der Waals surface area contributed by atoms with E-state index < -0.39 is 0 Å². The number of ether oxygens (including phenoxy) is 1. The summed E-state index contributed by atoms with van der Waals surface area (Å²) in [4.78, 5) is 16.2. The number of benzene rings is 1. The minimum Gasteiger partial charge on any atom is -0.492 e. The van der Waals surface area contributed by atoms with Crippen LogP contribution < -0.4 is 10.1 Å². The Morgan fingerprint density at radius 2 is 2.23 bits per heavy atom. The lowest BCUT2D eigenvalue weighted by atomic mass is 10.0. The lowest BCUT2D eigenvalue weighted by Crippen LogP contribution is -2.31. The fourth-order valence-corrected chi connectivity index (χ4v) is 2.63. The van der Waals surface area contributed by atoms with E-state index in [2.05, 4.69) is 10.3 Å². The van der Waals surface area contributed by atoms with Crippen molar-refractivity contribution < 1.29 is 9.53 Å². The third-order valence-corrected chi connectivity index (χ3v) is 3.73. The summed E-state index contributed by atoms with van der Waals surface area (Å²) in [5.74, 6) is 0.498. The molecule has 1 N–H and O–H groups in total. The normalized spacial score (nSPS) is 16.9. The molecule has 1 atom stereocenters. The van der Waals surface area contributed by atoms with Crippen LogP contribution in [-0.2, 0) is 4.79 Å². The Hall–Kier alpha value is -2.33. The van der Waals surface area contributed by atoms with Crippen LogP contribution in [0.1, 0.15) is 23.7 Å². The van der Waals surface area contributed by atoms with Crippen LogP contribution in [0.3, 0.4) is 0 Å². The zero-order chi connectivity index (χ0) is 15.4. The number of para-hydroxylation sites is 1. The van der Waals surface area contributed by atoms with Gasteiger partial charge in [-0.15, -0.1) is 0 Å². The Kier molecular flexibility index (Phi) is 4.39. The highest BCUT2D eigenvalue weighted by atomic mass is 35.5. The molecule has 1 aromatic heterocycles. The highest BCUT2D eigenvalue weighted by Gasteiger charge is 2.23. The van der Waals surface area contributed by atoms with Crippen LogP contribution in [-0.4, -0.2) is 17.5 Å². The molecule has 2 heterocycles. The number of nitrogens with zero attached hydrogens (tertiary/aromatic N) is 1. The van der Waals surface area contributed by atoms with Crippen LogP contribution in [0.5, 0.6) is 5.75 Å². The minimum absolute atomic E-state index is 0.0941. The topological polar surface area (TPSA) is 51.2 Å². The summed E-state index contributed by atoms with van der Waals surface area (Å²) in [5, 5.41) is 3.55. The van der Waals surface area contributed by atoms with Gasteiger partial charge in [-0.3, -0.25) is 9.78 Å². The largest absolute Gasteiger partial charge is 0.492 e. The van der Waals surface area contributed by atoms with Gasteiger partial charge >= 0.3 is 0 Å². The molecule has 0 radical (unpaired) electrons. The Labute approximate surface area is 133 Å². The maximum absolute atomic E-state index is 12.1. The van der Waals surface area contributed by atoms with Crippen LogP contribution in [0, 0.1) is 0 Å². The van der Waals surface area contributed by atoms with E-state index in [-0.39, 0.29) is 11.9 Å². The fraction of sp³-hybridized carbons (Fsp3) is 0.176. The van der Waals surface area contributed by atoms with E-state index in [0.717, 1.165) is 17.7 Å². The Morgan fingerprint density at radius 3 is 3.05 bits per heavy atom. The first kappa shape index (κ1) is 14.6. The number of fused-ring (bicyclic) bond motifs is 1. The number of pyridine rings is 1. The first-order chi connectivity index (χ1) is 10.7. The van der Waals surface area contributed by atoms with Crippen molar-refractivity contribution >= 4 is 23.6 Å². The molecule has 112 valence electrons. The van der Waals surface area contributed by atoms with Crippen molar-refractivity contribution in [2.45, 2.75) is 12.5 Å². The van der Waals surface area contributed by atoms with Crippen LogP contribution in [0.2, 0.25) is 5.02 Å². The van der Waals surface area contributed by atoms with Crippen LogP contribution >= 0.6 is 11.6 Å². The van der Waals surface area contributed by atoms with Crippen molar-refractivity contribution in [2.75, 3.05) is 6.61 Å². The Bertz CT molecular complexity index is 701. The molecule has 22 heavy (non-hydrogen) atoms. The van der Waals surface area contributed by atoms with Gasteiger partial charge in [-0.2, -0.15) is 0 Å². The smallest absolute Gasteiger partial charge is 0.244 e. The third kappa shape index (κ3) is 3.28. The summed E-state index contributed by atoms with van der Waals surface area (Å²) in [7, 11) is 0. The summed E-state index contributed by atoms with van der Waals surface area (Å²) >= 11 is 6.13. The monoisotopic (exact) mass is 314 g/mol. The second kappa shape index (κ2) is 6.62. The number of aromatic nitrogens is 1. The lowest BCUT2D eigenvalue weighted by Gasteiger charge is -2.26. The van der Waals surface area contributed by atoms with Crippen molar-refractivity contribution in [3.05, 3.63) is 65.0 Å². The number of halogens is 1. The molecule has 1 amide bonds. The molecule has 0 spiro atoms. The number of rotatable bonds is 3. The summed E-state index contributed by atoms with van der Waals surface area (Å²) in [6.07, 6.45) is 5.58. The number of hydrogen-bond donors (Lipinski definition) is 1. The molecular formula is C17H15ClN2O2. The van der Waals surface area contributed by atoms with Crippen LogP contribution in [0.15, 0.2) is 48.7 Å². The standard InChI is InChI=1S/C17H15ClN2O2/c18-14-6-3-5-13-15(9-11-22-17(13)14)20-16(21)8-7-12-4-1-2-10-19-12/h1-8,10,15H,9,11H2,(H,20,21). The molecule has 0 saturated heterocycles. The molecule has 1 aromatic carbocycles. The van der Waals surface area contributed by atoms with Gasteiger partial charge in [0.25, 0.3) is 0 Å². The third-order valence-electron chi connectivity index (χ3n) is 3.44. The molecule has 5 heteroatoms. The molecule has 4 nitrogen and oxygen atoms in total. The maximum Gasteiger partial charge on any atom is 0.244 e. The number of nitrogens with one attached hydrogen (secondary N) is 1. The van der Waals surface area contributed by atoms with E-state index in [1.165, 1.54) is 6.08 Å². The predicted molar refractivity (Wildman–Crippen MR) is 85.7 cm³/mol. The quantitative estimate of drug-likeness (QED) is 0.884. The fourth-order valence-electron chi connectivity index (χ4n) is 2.39. The molecule has 0 saturated carbocycles. The van der Waals surface area contributed by atoms with Gasteiger partial charge in [-0.05, 0) is 24.3 Å². The molecular weight excluding hydrogens is 300 g/mol. The van der Waals surface area contributed by atoms with Crippen molar-refractivity contribution in [1.82, 2.24) is 10.3 Å². The molecule has 0 aliphatic carbocycles. The molecule has 3 rings (SSSR count). The number of carbonyl (C=O) groups is 1. The van der Waals surface area contributed by atoms with Gasteiger partial charge in [0.05, 0.1) is 23.4 Å². The van der Waals surface area contributed by atoms with E-state index in [1.54, 1.807) is 18.3 Å². The highest BCUT2D eigenvalue weighted by Crippen LogP contribution is 2.37. The van der Waals surface area contributed by atoms with Crippen molar-refractivity contribution in [1.29, 1.82) is 0 Å². The maximum atomic E-state index is 12.1. The van der Waals surface area contributed by atoms with Gasteiger partial charge in [0.2, 0.25) is 5.91 Å². The minimum atomic E-state index is -0.163. The van der Waals surface area contributed by atoms with E-state index in [1.807, 2.05) is 30.3 Å². The summed E-state index contributed by atoms with van der Waals surface area (Å²) in [5.41, 5.74) is 1.66. The summed E-state index contributed by atoms with van der Waals surface area (Å²) in [6.45, 7) is 0.533. The summed E-state index contributed by atoms with van der Waals surface area (Å²) in [6, 6.07) is 11.0. The SMILES string of the molecule is O=C(C=Cc1ccccn1)NC1CCOc2c(Cl)cccc21. The summed E-state index contributed by atoms with van der Waals surface area (Å²) < 4.78 is 5.58. The molecule has 1 unspecified atom stereocenters. The second-order valence-electron chi connectivity index (χ2n) is 4.94. The van der Waals surface area contributed by atoms with Gasteiger partial charge in [-0.1, -0.05) is 29.8 Å². The molecule has 1 aliphatic rings. The number of carbonyl (C=O) groups excluding carboxylic acids is 1. The number of amides is 1. The van der Waals surface area contributed by atoms with Crippen LogP contribution in [0.4, 0.5) is 0 Å². The molecule has 1 aliphatic heterocycles. The second-order valence-corrected chi connectivity index (χ2v) is 5.35. The highest BCUT2D eigenvalue weighted by molar-refractivity contribution is 6.32. The zero-order valence-corrected chi connectivity index (χ0v) is 12.6. The van der Waals surface area contributed by atoms with Gasteiger partial charge < -0.3 is 10.1 Å². The van der Waals surface area contributed by atoms with Gasteiger partial charge in [0.1, 0.15) is 5.75 Å². The molecule has 0 fully saturated rings. The van der Waals surface area contributed by atoms with Gasteiger partial charge in [0, 0.05) is 24.3 Å². The predicted octanol–water partition coefficient (Wildman–Crippen LogP) is 3.39. The van der Waals surface area contributed by atoms with E-state index in [9.17, 15) is 4.79 Å². The van der Waals surface area contributed by atoms with E-state index >= 15 is 0 Å². The van der Waals surface area contributed by atoms with Crippen molar-refractivity contribution in [3.8, 4) is 5.75 Å². The average Bonchev–Trinajstić information content (AvgIpc) is 2.55. The van der Waals surface area contributed by atoms with Crippen molar-refractivity contribution in [3.63, 3.8) is 0 Å². The van der Waals surface area contributed by atoms with Crippen molar-refractivity contribution in [2.24, 2.45) is 0 Å².